The molecule has 2 heterocycles. The van der Waals surface area contributed by atoms with Crippen LogP contribution >= 0.6 is 11.6 Å². The number of rotatable bonds is 2. The topological polar surface area (TPSA) is 86.6 Å². The van der Waals surface area contributed by atoms with E-state index in [1.54, 1.807) is 9.80 Å². The Bertz CT molecular complexity index is 761. The van der Waals surface area contributed by atoms with Gasteiger partial charge in [-0.05, 0) is 18.2 Å². The maximum atomic E-state index is 12.5. The van der Waals surface area contributed by atoms with E-state index >= 15 is 0 Å². The molecular formula is C16H15ClN4O3. The first-order valence-electron chi connectivity index (χ1n) is 7.39. The van der Waals surface area contributed by atoms with Gasteiger partial charge >= 0.3 is 0 Å². The summed E-state index contributed by atoms with van der Waals surface area (Å²) in [5.41, 5.74) is 0.445. The van der Waals surface area contributed by atoms with Crippen molar-refractivity contribution in [2.45, 2.75) is 0 Å². The lowest BCUT2D eigenvalue weighted by atomic mass is 10.1. The molecule has 0 aliphatic carbocycles. The molecule has 1 aromatic carbocycles. The van der Waals surface area contributed by atoms with Crippen LogP contribution in [0.15, 0.2) is 36.8 Å². The maximum absolute atomic E-state index is 12.5. The highest BCUT2D eigenvalue weighted by atomic mass is 35.5. The molecule has 2 amide bonds. The van der Waals surface area contributed by atoms with Crippen LogP contribution in [0.2, 0.25) is 5.02 Å². The summed E-state index contributed by atoms with van der Waals surface area (Å²) in [4.78, 5) is 35.9. The molecule has 24 heavy (non-hydrogen) atoms. The minimum atomic E-state index is -0.304. The lowest BCUT2D eigenvalue weighted by molar-refractivity contribution is 0.0530. The summed E-state index contributed by atoms with van der Waals surface area (Å²) >= 11 is 5.88. The summed E-state index contributed by atoms with van der Waals surface area (Å²) in [6.45, 7) is 1.53. The van der Waals surface area contributed by atoms with E-state index < -0.39 is 0 Å². The zero-order valence-corrected chi connectivity index (χ0v) is 13.5. The Labute approximate surface area is 143 Å². The Balaban J connectivity index is 1.66. The average molecular weight is 347 g/mol. The molecule has 1 aromatic heterocycles. The van der Waals surface area contributed by atoms with Crippen LogP contribution in [-0.4, -0.2) is 62.9 Å². The molecule has 0 radical (unpaired) electrons. The molecule has 124 valence electrons. The molecule has 0 unspecified atom stereocenters. The van der Waals surface area contributed by atoms with Gasteiger partial charge in [-0.25, -0.2) is 4.98 Å². The summed E-state index contributed by atoms with van der Waals surface area (Å²) in [6, 6.07) is 4.35. The van der Waals surface area contributed by atoms with Crippen LogP contribution in [0, 0.1) is 0 Å². The highest BCUT2D eigenvalue weighted by Gasteiger charge is 2.27. The van der Waals surface area contributed by atoms with Gasteiger partial charge in [0.15, 0.2) is 0 Å². The molecule has 7 nitrogen and oxygen atoms in total. The second-order valence-electron chi connectivity index (χ2n) is 5.34. The van der Waals surface area contributed by atoms with E-state index in [4.69, 9.17) is 11.6 Å². The smallest absolute Gasteiger partial charge is 0.274 e. The molecule has 3 rings (SSSR count). The second kappa shape index (κ2) is 6.84. The molecule has 1 aliphatic heterocycles. The van der Waals surface area contributed by atoms with Crippen molar-refractivity contribution in [3.63, 3.8) is 0 Å². The van der Waals surface area contributed by atoms with Gasteiger partial charge in [0.2, 0.25) is 0 Å². The fraction of sp³-hybridized carbons (Fsp3) is 0.250. The van der Waals surface area contributed by atoms with Crippen LogP contribution < -0.4 is 0 Å². The van der Waals surface area contributed by atoms with Crippen LogP contribution in [0.4, 0.5) is 0 Å². The van der Waals surface area contributed by atoms with Gasteiger partial charge in [0, 0.05) is 43.6 Å². The van der Waals surface area contributed by atoms with Crippen LogP contribution in [0.3, 0.4) is 0 Å². The number of aromatic hydroxyl groups is 1. The number of phenolic OH excluding ortho intramolecular Hbond substituents is 1. The van der Waals surface area contributed by atoms with Crippen molar-refractivity contribution < 1.29 is 14.7 Å². The van der Waals surface area contributed by atoms with E-state index in [1.165, 1.54) is 36.8 Å². The number of benzene rings is 1. The predicted octanol–water partition coefficient (Wildman–Crippen LogP) is 1.43. The van der Waals surface area contributed by atoms with Crippen LogP contribution in [0.25, 0.3) is 0 Å². The molecule has 1 N–H and O–H groups in total. The number of piperazine rings is 1. The van der Waals surface area contributed by atoms with Crippen LogP contribution in [-0.2, 0) is 0 Å². The largest absolute Gasteiger partial charge is 0.507 e. The van der Waals surface area contributed by atoms with Crippen molar-refractivity contribution >= 4 is 23.4 Å². The zero-order chi connectivity index (χ0) is 17.1. The third-order valence-corrected chi connectivity index (χ3v) is 4.06. The fourth-order valence-corrected chi connectivity index (χ4v) is 2.71. The number of carbonyl (C=O) groups is 2. The van der Waals surface area contributed by atoms with Gasteiger partial charge in [-0.1, -0.05) is 11.6 Å². The number of amides is 2. The zero-order valence-electron chi connectivity index (χ0n) is 12.7. The van der Waals surface area contributed by atoms with Crippen molar-refractivity contribution in [3.8, 4) is 5.75 Å². The molecule has 1 saturated heterocycles. The molecule has 1 fully saturated rings. The number of halogens is 1. The molecule has 8 heteroatoms. The standard InChI is InChI=1S/C16H15ClN4O3/c17-11-1-2-14(22)12(9-11)15(23)20-5-7-21(8-6-20)16(24)13-10-18-3-4-19-13/h1-4,9-10,22H,5-8H2. The maximum Gasteiger partial charge on any atom is 0.274 e. The molecular weight excluding hydrogens is 332 g/mol. The predicted molar refractivity (Wildman–Crippen MR) is 87.0 cm³/mol. The monoisotopic (exact) mass is 346 g/mol. The van der Waals surface area contributed by atoms with Gasteiger partial charge in [-0.3, -0.25) is 14.6 Å². The number of aromatic nitrogens is 2. The average Bonchev–Trinajstić information content (AvgIpc) is 2.63. The molecule has 2 aromatic rings. The van der Waals surface area contributed by atoms with E-state index in [9.17, 15) is 14.7 Å². The Kier molecular flexibility index (Phi) is 4.61. The van der Waals surface area contributed by atoms with E-state index in [0.29, 0.717) is 31.2 Å². The number of nitrogens with zero attached hydrogens (tertiary/aromatic N) is 4. The van der Waals surface area contributed by atoms with E-state index in [1.807, 2.05) is 0 Å². The Morgan fingerprint density at radius 2 is 1.71 bits per heavy atom. The summed E-state index contributed by atoms with van der Waals surface area (Å²) in [5, 5.41) is 10.2. The van der Waals surface area contributed by atoms with Crippen molar-refractivity contribution in [2.24, 2.45) is 0 Å². The summed E-state index contributed by atoms with van der Waals surface area (Å²) < 4.78 is 0. The lowest BCUT2D eigenvalue weighted by Crippen LogP contribution is -2.50. The first kappa shape index (κ1) is 16.2. The van der Waals surface area contributed by atoms with Crippen molar-refractivity contribution in [1.82, 2.24) is 19.8 Å². The first-order chi connectivity index (χ1) is 11.6. The molecule has 1 aliphatic rings. The second-order valence-corrected chi connectivity index (χ2v) is 5.77. The highest BCUT2D eigenvalue weighted by molar-refractivity contribution is 6.31. The van der Waals surface area contributed by atoms with E-state index in [-0.39, 0.29) is 28.8 Å². The lowest BCUT2D eigenvalue weighted by Gasteiger charge is -2.34. The SMILES string of the molecule is O=C(c1cnccn1)N1CCN(C(=O)c2cc(Cl)ccc2O)CC1. The van der Waals surface area contributed by atoms with E-state index in [0.717, 1.165) is 0 Å². The third kappa shape index (κ3) is 3.30. The minimum absolute atomic E-state index is 0.109. The van der Waals surface area contributed by atoms with Crippen molar-refractivity contribution in [1.29, 1.82) is 0 Å². The Morgan fingerprint density at radius 1 is 1.04 bits per heavy atom. The van der Waals surface area contributed by atoms with Gasteiger partial charge in [0.05, 0.1) is 11.8 Å². The van der Waals surface area contributed by atoms with Crippen molar-refractivity contribution in [2.75, 3.05) is 26.2 Å². The van der Waals surface area contributed by atoms with Gasteiger partial charge in [0.1, 0.15) is 11.4 Å². The Morgan fingerprint density at radius 3 is 2.33 bits per heavy atom. The third-order valence-electron chi connectivity index (χ3n) is 3.83. The molecule has 0 saturated carbocycles. The van der Waals surface area contributed by atoms with Gasteiger partial charge < -0.3 is 14.9 Å². The minimum Gasteiger partial charge on any atom is -0.507 e. The summed E-state index contributed by atoms with van der Waals surface area (Å²) in [5.74, 6) is -0.620. The first-order valence-corrected chi connectivity index (χ1v) is 7.77. The quantitative estimate of drug-likeness (QED) is 0.889. The van der Waals surface area contributed by atoms with E-state index in [2.05, 4.69) is 9.97 Å². The number of hydrogen-bond acceptors (Lipinski definition) is 5. The number of phenols is 1. The highest BCUT2D eigenvalue weighted by Crippen LogP contribution is 2.23. The fourth-order valence-electron chi connectivity index (χ4n) is 2.53. The molecule has 0 spiro atoms. The Hall–Kier alpha value is -2.67. The van der Waals surface area contributed by atoms with Crippen LogP contribution in [0.1, 0.15) is 20.8 Å². The van der Waals surface area contributed by atoms with Crippen LogP contribution in [0.5, 0.6) is 5.75 Å². The normalized spacial score (nSPS) is 14.5. The summed E-state index contributed by atoms with van der Waals surface area (Å²) in [6.07, 6.45) is 4.39. The number of carbonyl (C=O) groups excluding carboxylic acids is 2. The number of hydrogen-bond donors (Lipinski definition) is 1. The molecule has 0 bridgehead atoms. The molecule has 0 atom stereocenters. The van der Waals surface area contributed by atoms with Gasteiger partial charge in [0.25, 0.3) is 11.8 Å². The summed E-state index contributed by atoms with van der Waals surface area (Å²) in [7, 11) is 0. The van der Waals surface area contributed by atoms with Crippen molar-refractivity contribution in [3.05, 3.63) is 53.1 Å². The van der Waals surface area contributed by atoms with Gasteiger partial charge in [-0.2, -0.15) is 0 Å². The van der Waals surface area contributed by atoms with Gasteiger partial charge in [-0.15, -0.1) is 0 Å².